The summed E-state index contributed by atoms with van der Waals surface area (Å²) in [5, 5.41) is 49.2. The summed E-state index contributed by atoms with van der Waals surface area (Å²) in [7, 11) is 0. The molecule has 7 atom stereocenters. The maximum atomic E-state index is 13.7. The smallest absolute Gasteiger partial charge is 0.238 e. The number of aromatic nitrogens is 3. The summed E-state index contributed by atoms with van der Waals surface area (Å²) in [4.78, 5) is 14.8. The van der Waals surface area contributed by atoms with Crippen LogP contribution in [0.3, 0.4) is 0 Å². The highest BCUT2D eigenvalue weighted by molar-refractivity contribution is 8.01. The van der Waals surface area contributed by atoms with Crippen molar-refractivity contribution in [2.24, 2.45) is 0 Å². The number of nitrogens with zero attached hydrogens (tertiary/aromatic N) is 4. The van der Waals surface area contributed by atoms with Crippen LogP contribution in [-0.4, -0.2) is 100 Å². The molecule has 10 nitrogen and oxygen atoms in total. The van der Waals surface area contributed by atoms with Crippen molar-refractivity contribution in [3.63, 3.8) is 0 Å². The molecule has 0 spiro atoms. The third kappa shape index (κ3) is 5.36. The normalized spacial score (nSPS) is 29.2. The fraction of sp³-hybridized carbons (Fsp3) is 0.609. The third-order valence-electron chi connectivity index (χ3n) is 6.68. The second-order valence-electron chi connectivity index (χ2n) is 9.87. The predicted molar refractivity (Wildman–Crippen MR) is 126 cm³/mol. The summed E-state index contributed by atoms with van der Waals surface area (Å²) < 4.78 is 47.5. The van der Waals surface area contributed by atoms with Gasteiger partial charge in [0, 0.05) is 18.2 Å². The van der Waals surface area contributed by atoms with E-state index in [2.05, 4.69) is 10.3 Å². The van der Waals surface area contributed by atoms with Crippen molar-refractivity contribution >= 4 is 17.7 Å². The van der Waals surface area contributed by atoms with E-state index in [1.165, 1.54) is 20.0 Å². The van der Waals surface area contributed by atoms with E-state index in [9.17, 15) is 38.4 Å². The van der Waals surface area contributed by atoms with Gasteiger partial charge < -0.3 is 30.1 Å². The van der Waals surface area contributed by atoms with Crippen LogP contribution in [0.1, 0.15) is 33.2 Å². The van der Waals surface area contributed by atoms with Gasteiger partial charge in [0.1, 0.15) is 40.7 Å². The van der Waals surface area contributed by atoms with Gasteiger partial charge in [0.2, 0.25) is 5.91 Å². The van der Waals surface area contributed by atoms with Crippen LogP contribution in [0.15, 0.2) is 18.3 Å². The highest BCUT2D eigenvalue weighted by Crippen LogP contribution is 2.40. The minimum atomic E-state index is -1.64. The van der Waals surface area contributed by atoms with Gasteiger partial charge in [-0.2, -0.15) is 0 Å². The van der Waals surface area contributed by atoms with Gasteiger partial charge in [-0.3, -0.25) is 4.79 Å². The van der Waals surface area contributed by atoms with Crippen molar-refractivity contribution in [3.8, 4) is 11.3 Å². The monoisotopic (exact) mass is 546 g/mol. The Balaban J connectivity index is 1.62. The number of hydrogen-bond donors (Lipinski definition) is 4. The number of benzene rings is 1. The first kappa shape index (κ1) is 27.8. The highest BCUT2D eigenvalue weighted by atomic mass is 32.2. The minimum absolute atomic E-state index is 0.00427. The van der Waals surface area contributed by atoms with E-state index < -0.39 is 64.7 Å². The molecule has 4 N–H and O–H groups in total. The van der Waals surface area contributed by atoms with Crippen molar-refractivity contribution in [2.75, 3.05) is 13.2 Å². The minimum Gasteiger partial charge on any atom is -0.394 e. The first-order valence-electron chi connectivity index (χ1n) is 11.7. The molecular formula is C23H29F3N4O6S. The molecule has 1 aromatic heterocycles. The lowest BCUT2D eigenvalue weighted by Gasteiger charge is -2.46. The van der Waals surface area contributed by atoms with E-state index in [1.54, 1.807) is 4.90 Å². The Kier molecular flexibility index (Phi) is 7.89. The van der Waals surface area contributed by atoms with Crippen LogP contribution in [0, 0.1) is 17.5 Å². The molecule has 2 saturated heterocycles. The molecule has 2 fully saturated rings. The van der Waals surface area contributed by atoms with Crippen molar-refractivity contribution in [3.05, 3.63) is 35.8 Å². The molecule has 3 heterocycles. The molecule has 14 heteroatoms. The molecule has 2 aromatic rings. The largest absolute Gasteiger partial charge is 0.394 e. The maximum absolute atomic E-state index is 13.7. The third-order valence-corrected chi connectivity index (χ3v) is 8.39. The highest BCUT2D eigenvalue weighted by Gasteiger charge is 2.50. The molecule has 4 rings (SSSR count). The van der Waals surface area contributed by atoms with Gasteiger partial charge in [-0.1, -0.05) is 5.21 Å². The summed E-state index contributed by atoms with van der Waals surface area (Å²) in [6, 6.07) is 0.217. The first-order valence-corrected chi connectivity index (χ1v) is 12.6. The van der Waals surface area contributed by atoms with E-state index in [-0.39, 0.29) is 23.2 Å². The Bertz CT molecular complexity index is 1120. The zero-order valence-corrected chi connectivity index (χ0v) is 21.1. The van der Waals surface area contributed by atoms with Crippen molar-refractivity contribution in [1.82, 2.24) is 19.9 Å². The fourth-order valence-corrected chi connectivity index (χ4v) is 5.79. The lowest BCUT2D eigenvalue weighted by atomic mass is 9.97. The Morgan fingerprint density at radius 3 is 2.41 bits per heavy atom. The van der Waals surface area contributed by atoms with E-state index >= 15 is 0 Å². The molecule has 2 aliphatic rings. The van der Waals surface area contributed by atoms with Crippen LogP contribution in [-0.2, 0) is 9.53 Å². The van der Waals surface area contributed by atoms with Crippen LogP contribution in [0.5, 0.6) is 0 Å². The molecule has 0 saturated carbocycles. The van der Waals surface area contributed by atoms with Gasteiger partial charge in [0.25, 0.3) is 0 Å². The summed E-state index contributed by atoms with van der Waals surface area (Å²) in [6.45, 7) is 4.70. The van der Waals surface area contributed by atoms with E-state index in [0.717, 1.165) is 35.0 Å². The van der Waals surface area contributed by atoms with Crippen molar-refractivity contribution in [1.29, 1.82) is 0 Å². The Labute approximate surface area is 215 Å². The van der Waals surface area contributed by atoms with Crippen LogP contribution in [0.4, 0.5) is 13.2 Å². The quantitative estimate of drug-likeness (QED) is 0.372. The van der Waals surface area contributed by atoms with Crippen LogP contribution < -0.4 is 0 Å². The van der Waals surface area contributed by atoms with Crippen molar-refractivity contribution < 1.29 is 43.1 Å². The lowest BCUT2D eigenvalue weighted by Crippen LogP contribution is -2.59. The molecule has 204 valence electrons. The molecule has 2 aliphatic heterocycles. The van der Waals surface area contributed by atoms with E-state index in [0.29, 0.717) is 6.54 Å². The summed E-state index contributed by atoms with van der Waals surface area (Å²) >= 11 is 0.859. The van der Waals surface area contributed by atoms with Gasteiger partial charge >= 0.3 is 0 Å². The van der Waals surface area contributed by atoms with Gasteiger partial charge in [-0.25, -0.2) is 17.9 Å². The molecule has 1 aromatic carbocycles. The van der Waals surface area contributed by atoms with Crippen LogP contribution in [0.25, 0.3) is 11.3 Å². The average molecular weight is 547 g/mol. The van der Waals surface area contributed by atoms with Crippen LogP contribution in [0.2, 0.25) is 0 Å². The second kappa shape index (κ2) is 10.5. The van der Waals surface area contributed by atoms with E-state index in [4.69, 9.17) is 4.74 Å². The fourth-order valence-electron chi connectivity index (χ4n) is 4.41. The van der Waals surface area contributed by atoms with E-state index in [1.807, 2.05) is 6.92 Å². The first-order chi connectivity index (χ1) is 17.3. The number of halogens is 3. The van der Waals surface area contributed by atoms with Gasteiger partial charge in [0.05, 0.1) is 18.4 Å². The zero-order chi connectivity index (χ0) is 27.2. The molecule has 1 unspecified atom stereocenters. The molecule has 0 bridgehead atoms. The Morgan fingerprint density at radius 1 is 1.24 bits per heavy atom. The summed E-state index contributed by atoms with van der Waals surface area (Å²) in [5.41, 5.74) is -2.88. The average Bonchev–Trinajstić information content (AvgIpc) is 3.29. The molecule has 1 amide bonds. The molecule has 37 heavy (non-hydrogen) atoms. The number of carbonyl (C=O) groups is 1. The standard InChI is InChI=1S/C23H29F3N4O6S/c1-10-4-5-29(10)21(34)20(23(2,3)35)37-22-19(33)17(18(32)15(9-31)36-22)30-8-14(27-28-30)11-6-12(24)16(26)13(25)7-11/h6-8,10,15,17-20,22,31-33,35H,4-5,9H2,1-3H3/t10-,15-,17+,18+,19-,20?,22+/m1/s1. The number of hydrogen-bond acceptors (Lipinski definition) is 9. The summed E-state index contributed by atoms with van der Waals surface area (Å²) in [5.74, 6) is -4.82. The Morgan fingerprint density at radius 2 is 1.89 bits per heavy atom. The topological polar surface area (TPSA) is 141 Å². The number of aliphatic hydroxyl groups excluding tert-OH is 3. The number of rotatable bonds is 7. The predicted octanol–water partition coefficient (Wildman–Crippen LogP) is 0.836. The number of aliphatic hydroxyl groups is 4. The zero-order valence-electron chi connectivity index (χ0n) is 20.3. The molecule has 0 radical (unpaired) electrons. The van der Waals surface area contributed by atoms with Crippen LogP contribution >= 0.6 is 11.8 Å². The summed E-state index contributed by atoms with van der Waals surface area (Å²) in [6.07, 6.45) is -2.16. The van der Waals surface area contributed by atoms with Crippen molar-refractivity contribution in [2.45, 2.75) is 73.9 Å². The number of amides is 1. The van der Waals surface area contributed by atoms with Gasteiger partial charge in [0.15, 0.2) is 17.5 Å². The Hall–Kier alpha value is -2.23. The SMILES string of the molecule is C[C@@H]1CCN1C(=O)C(S[C@@H]1O[C@H](CO)[C@H](O)[C@H](n2cc(-c3cc(F)c(F)c(F)c3)nn2)[C@H]1O)C(C)(C)O. The molecule has 0 aliphatic carbocycles. The second-order valence-corrected chi connectivity index (χ2v) is 11.1. The number of thioether (sulfide) groups is 1. The number of carbonyl (C=O) groups excluding carboxylic acids is 1. The number of likely N-dealkylation sites (tertiary alicyclic amines) is 1. The van der Waals surface area contributed by atoms with Gasteiger partial charge in [-0.15, -0.1) is 16.9 Å². The molecular weight excluding hydrogens is 517 g/mol. The lowest BCUT2D eigenvalue weighted by molar-refractivity contribution is -0.179. The van der Waals surface area contributed by atoms with Gasteiger partial charge in [-0.05, 0) is 39.3 Å². The maximum Gasteiger partial charge on any atom is 0.238 e. The number of ether oxygens (including phenoxy) is 1.